The van der Waals surface area contributed by atoms with Crippen molar-refractivity contribution >= 4 is 15.9 Å². The summed E-state index contributed by atoms with van der Waals surface area (Å²) in [6, 6.07) is 5.75. The van der Waals surface area contributed by atoms with E-state index in [0.717, 1.165) is 24.8 Å². The third kappa shape index (κ3) is 2.56. The number of nitrogens with one attached hydrogen (secondary N) is 1. The fourth-order valence-electron chi connectivity index (χ4n) is 2.12. The molecule has 0 aliphatic heterocycles. The first-order valence-electron chi connectivity index (χ1n) is 5.56. The predicted octanol–water partition coefficient (Wildman–Crippen LogP) is 2.16. The van der Waals surface area contributed by atoms with Gasteiger partial charge < -0.3 is 15.5 Å². The van der Waals surface area contributed by atoms with Gasteiger partial charge in [0.05, 0.1) is 10.6 Å². The van der Waals surface area contributed by atoms with Crippen LogP contribution in [-0.2, 0) is 6.54 Å². The fraction of sp³-hybridized carbons (Fsp3) is 0.500. The number of phenolic OH excluding ortho intramolecular Hbond substituents is 1. The van der Waals surface area contributed by atoms with Crippen molar-refractivity contribution in [3.63, 3.8) is 0 Å². The molecule has 1 aromatic carbocycles. The second kappa shape index (κ2) is 5.17. The molecule has 3 nitrogen and oxygen atoms in total. The van der Waals surface area contributed by atoms with E-state index in [1.807, 2.05) is 18.2 Å². The molecule has 1 aliphatic carbocycles. The van der Waals surface area contributed by atoms with E-state index in [1.165, 1.54) is 0 Å². The normalized spacial score (nSPS) is 24.9. The highest BCUT2D eigenvalue weighted by molar-refractivity contribution is 9.10. The summed E-state index contributed by atoms with van der Waals surface area (Å²) in [5, 5.41) is 22.7. The lowest BCUT2D eigenvalue weighted by atomic mass is 10.1. The van der Waals surface area contributed by atoms with Gasteiger partial charge in [-0.25, -0.2) is 0 Å². The Hall–Kier alpha value is -0.580. The van der Waals surface area contributed by atoms with Crippen LogP contribution in [0.25, 0.3) is 0 Å². The van der Waals surface area contributed by atoms with Crippen LogP contribution in [-0.4, -0.2) is 22.4 Å². The smallest absolute Gasteiger partial charge is 0.134 e. The van der Waals surface area contributed by atoms with Crippen molar-refractivity contribution < 1.29 is 10.2 Å². The standard InChI is InChI=1S/C12H16BrNO2/c13-9-4-1-3-8(12(9)16)7-14-10-5-2-6-11(10)15/h1,3-4,10-11,14-16H,2,5-7H2. The van der Waals surface area contributed by atoms with Crippen LogP contribution in [0.3, 0.4) is 0 Å². The number of aliphatic hydroxyl groups excluding tert-OH is 1. The lowest BCUT2D eigenvalue weighted by Gasteiger charge is -2.17. The van der Waals surface area contributed by atoms with Gasteiger partial charge >= 0.3 is 0 Å². The summed E-state index contributed by atoms with van der Waals surface area (Å²) < 4.78 is 0.707. The van der Waals surface area contributed by atoms with Gasteiger partial charge in [0.1, 0.15) is 5.75 Å². The fourth-order valence-corrected chi connectivity index (χ4v) is 2.53. The second-order valence-corrected chi connectivity index (χ2v) is 5.09. The van der Waals surface area contributed by atoms with Crippen LogP contribution in [0.15, 0.2) is 22.7 Å². The molecule has 1 aliphatic rings. The van der Waals surface area contributed by atoms with E-state index in [0.29, 0.717) is 11.0 Å². The summed E-state index contributed by atoms with van der Waals surface area (Å²) in [5.74, 6) is 0.280. The van der Waals surface area contributed by atoms with E-state index in [-0.39, 0.29) is 17.9 Å². The lowest BCUT2D eigenvalue weighted by molar-refractivity contribution is 0.148. The summed E-state index contributed by atoms with van der Waals surface area (Å²) >= 11 is 3.28. The van der Waals surface area contributed by atoms with Crippen LogP contribution < -0.4 is 5.32 Å². The molecule has 0 heterocycles. The summed E-state index contributed by atoms with van der Waals surface area (Å²) in [6.07, 6.45) is 2.72. The number of rotatable bonds is 3. The van der Waals surface area contributed by atoms with E-state index in [1.54, 1.807) is 0 Å². The van der Waals surface area contributed by atoms with Crippen molar-refractivity contribution in [1.29, 1.82) is 0 Å². The number of hydrogen-bond donors (Lipinski definition) is 3. The van der Waals surface area contributed by atoms with E-state index < -0.39 is 0 Å². The molecular weight excluding hydrogens is 270 g/mol. The average Bonchev–Trinajstić information content (AvgIpc) is 2.67. The van der Waals surface area contributed by atoms with E-state index in [9.17, 15) is 10.2 Å². The third-order valence-electron chi connectivity index (χ3n) is 3.10. The highest BCUT2D eigenvalue weighted by Gasteiger charge is 2.24. The molecule has 2 rings (SSSR count). The Morgan fingerprint density at radius 1 is 1.38 bits per heavy atom. The van der Waals surface area contributed by atoms with Crippen molar-refractivity contribution in [2.75, 3.05) is 0 Å². The van der Waals surface area contributed by atoms with Crippen LogP contribution in [0, 0.1) is 0 Å². The largest absolute Gasteiger partial charge is 0.506 e. The van der Waals surface area contributed by atoms with Crippen LogP contribution in [0.4, 0.5) is 0 Å². The quantitative estimate of drug-likeness (QED) is 0.798. The van der Waals surface area contributed by atoms with Crippen molar-refractivity contribution in [3.05, 3.63) is 28.2 Å². The minimum atomic E-state index is -0.241. The van der Waals surface area contributed by atoms with Crippen molar-refractivity contribution in [3.8, 4) is 5.75 Å². The maximum atomic E-state index is 9.79. The van der Waals surface area contributed by atoms with Gasteiger partial charge in [0.2, 0.25) is 0 Å². The van der Waals surface area contributed by atoms with E-state index in [4.69, 9.17) is 0 Å². The minimum Gasteiger partial charge on any atom is -0.506 e. The average molecular weight is 286 g/mol. The lowest BCUT2D eigenvalue weighted by Crippen LogP contribution is -2.35. The Morgan fingerprint density at radius 3 is 2.88 bits per heavy atom. The molecule has 0 amide bonds. The highest BCUT2D eigenvalue weighted by Crippen LogP contribution is 2.28. The van der Waals surface area contributed by atoms with Gasteiger partial charge in [-0.1, -0.05) is 12.1 Å². The van der Waals surface area contributed by atoms with Gasteiger partial charge in [-0.05, 0) is 41.3 Å². The number of halogens is 1. The van der Waals surface area contributed by atoms with E-state index in [2.05, 4.69) is 21.2 Å². The van der Waals surface area contributed by atoms with Crippen LogP contribution in [0.2, 0.25) is 0 Å². The number of aliphatic hydroxyl groups is 1. The van der Waals surface area contributed by atoms with Gasteiger partial charge in [0, 0.05) is 18.2 Å². The van der Waals surface area contributed by atoms with Gasteiger partial charge in [-0.3, -0.25) is 0 Å². The summed E-state index contributed by atoms with van der Waals surface area (Å²) in [5.41, 5.74) is 0.855. The molecule has 0 aromatic heterocycles. The van der Waals surface area contributed by atoms with Gasteiger partial charge in [-0.15, -0.1) is 0 Å². The Bertz CT molecular complexity index is 370. The molecule has 0 bridgehead atoms. The van der Waals surface area contributed by atoms with Gasteiger partial charge in [0.25, 0.3) is 0 Å². The highest BCUT2D eigenvalue weighted by atomic mass is 79.9. The summed E-state index contributed by atoms with van der Waals surface area (Å²) in [6.45, 7) is 0.590. The first-order chi connectivity index (χ1) is 7.68. The molecule has 0 saturated heterocycles. The van der Waals surface area contributed by atoms with Gasteiger partial charge in [-0.2, -0.15) is 0 Å². The Morgan fingerprint density at radius 2 is 2.19 bits per heavy atom. The maximum absolute atomic E-state index is 9.79. The number of aromatic hydroxyl groups is 1. The first-order valence-corrected chi connectivity index (χ1v) is 6.35. The molecule has 2 unspecified atom stereocenters. The zero-order valence-corrected chi connectivity index (χ0v) is 10.6. The van der Waals surface area contributed by atoms with E-state index >= 15 is 0 Å². The topological polar surface area (TPSA) is 52.5 Å². The summed E-state index contributed by atoms with van der Waals surface area (Å²) in [4.78, 5) is 0. The van der Waals surface area contributed by atoms with Gasteiger partial charge in [0.15, 0.2) is 0 Å². The number of para-hydroxylation sites is 1. The number of phenols is 1. The third-order valence-corrected chi connectivity index (χ3v) is 3.74. The maximum Gasteiger partial charge on any atom is 0.134 e. The van der Waals surface area contributed by atoms with Crippen molar-refractivity contribution in [1.82, 2.24) is 5.32 Å². The molecule has 16 heavy (non-hydrogen) atoms. The Balaban J connectivity index is 1.96. The number of hydrogen-bond acceptors (Lipinski definition) is 3. The first kappa shape index (κ1) is 11.9. The van der Waals surface area contributed by atoms with Crippen LogP contribution in [0.1, 0.15) is 24.8 Å². The molecule has 2 atom stereocenters. The zero-order chi connectivity index (χ0) is 11.5. The summed E-state index contributed by atoms with van der Waals surface area (Å²) in [7, 11) is 0. The molecule has 88 valence electrons. The zero-order valence-electron chi connectivity index (χ0n) is 8.99. The second-order valence-electron chi connectivity index (χ2n) is 4.23. The SMILES string of the molecule is Oc1c(Br)cccc1CNC1CCCC1O. The molecule has 4 heteroatoms. The molecule has 1 fully saturated rings. The van der Waals surface area contributed by atoms with Crippen LogP contribution in [0.5, 0.6) is 5.75 Å². The van der Waals surface area contributed by atoms with Crippen LogP contribution >= 0.6 is 15.9 Å². The van der Waals surface area contributed by atoms with Crippen molar-refractivity contribution in [2.24, 2.45) is 0 Å². The molecule has 1 saturated carbocycles. The molecule has 0 radical (unpaired) electrons. The van der Waals surface area contributed by atoms with Crippen molar-refractivity contribution in [2.45, 2.75) is 38.0 Å². The Labute approximate surface area is 104 Å². The number of benzene rings is 1. The predicted molar refractivity (Wildman–Crippen MR) is 66.3 cm³/mol. The minimum absolute atomic E-state index is 0.165. The molecule has 1 aromatic rings. The Kier molecular flexibility index (Phi) is 3.84. The molecule has 3 N–H and O–H groups in total. The molecule has 0 spiro atoms. The molecular formula is C12H16BrNO2. The monoisotopic (exact) mass is 285 g/mol.